The molecule has 21 heavy (non-hydrogen) atoms. The van der Waals surface area contributed by atoms with Gasteiger partial charge in [0.1, 0.15) is 10.7 Å². The molecule has 122 valence electrons. The molecule has 1 rings (SSSR count). The van der Waals surface area contributed by atoms with Crippen LogP contribution >= 0.6 is 15.9 Å². The van der Waals surface area contributed by atoms with Crippen LogP contribution in [0.4, 0.5) is 0 Å². The number of nitrogens with one attached hydrogen (secondary N) is 2. The van der Waals surface area contributed by atoms with Gasteiger partial charge in [0.25, 0.3) is 0 Å². The molecule has 0 aliphatic carbocycles. The number of sulfonamides is 1. The maximum atomic E-state index is 12.2. The molecule has 2 N–H and O–H groups in total. The Kier molecular flexibility index (Phi) is 7.89. The van der Waals surface area contributed by atoms with Gasteiger partial charge in [0.2, 0.25) is 10.0 Å². The average Bonchev–Trinajstić information content (AvgIpc) is 2.77. The Hall–Kier alpha value is -0.410. The number of halogens is 1. The second kappa shape index (κ2) is 8.89. The quantitative estimate of drug-likeness (QED) is 0.606. The third kappa shape index (κ3) is 6.48. The fourth-order valence-corrected chi connectivity index (χ4v) is 3.61. The summed E-state index contributed by atoms with van der Waals surface area (Å²) in [5, 5.41) is 3.16. The van der Waals surface area contributed by atoms with E-state index in [2.05, 4.69) is 32.9 Å². The van der Waals surface area contributed by atoms with Crippen molar-refractivity contribution in [2.24, 2.45) is 0 Å². The van der Waals surface area contributed by atoms with Crippen LogP contribution in [0, 0.1) is 0 Å². The van der Waals surface area contributed by atoms with Gasteiger partial charge in [0.05, 0.1) is 19.3 Å². The lowest BCUT2D eigenvalue weighted by Gasteiger charge is -2.08. The maximum absolute atomic E-state index is 12.2. The SMILES string of the molecule is CCCNCc1cc(S(=O)(=O)NCCOC(C)C)c(Br)o1. The molecule has 0 aliphatic heterocycles. The van der Waals surface area contributed by atoms with E-state index in [4.69, 9.17) is 9.15 Å². The zero-order chi connectivity index (χ0) is 15.9. The highest BCUT2D eigenvalue weighted by molar-refractivity contribution is 9.10. The van der Waals surface area contributed by atoms with Gasteiger partial charge < -0.3 is 14.5 Å². The van der Waals surface area contributed by atoms with Crippen LogP contribution in [-0.4, -0.2) is 34.2 Å². The number of ether oxygens (including phenoxy) is 1. The van der Waals surface area contributed by atoms with Crippen LogP contribution in [0.5, 0.6) is 0 Å². The number of furan rings is 1. The van der Waals surface area contributed by atoms with Gasteiger partial charge in [-0.1, -0.05) is 6.92 Å². The van der Waals surface area contributed by atoms with E-state index < -0.39 is 10.0 Å². The fourth-order valence-electron chi connectivity index (χ4n) is 1.60. The van der Waals surface area contributed by atoms with E-state index >= 15 is 0 Å². The summed E-state index contributed by atoms with van der Waals surface area (Å²) in [6.45, 7) is 7.76. The van der Waals surface area contributed by atoms with Gasteiger partial charge in [0, 0.05) is 12.6 Å². The minimum Gasteiger partial charge on any atom is -0.452 e. The summed E-state index contributed by atoms with van der Waals surface area (Å²) in [5.74, 6) is 0.578. The smallest absolute Gasteiger partial charge is 0.245 e. The van der Waals surface area contributed by atoms with Crippen LogP contribution in [0.25, 0.3) is 0 Å². The predicted octanol–water partition coefficient (Wildman–Crippen LogP) is 2.25. The van der Waals surface area contributed by atoms with Gasteiger partial charge >= 0.3 is 0 Å². The van der Waals surface area contributed by atoms with Gasteiger partial charge in [-0.05, 0) is 42.7 Å². The van der Waals surface area contributed by atoms with Crippen molar-refractivity contribution in [1.29, 1.82) is 0 Å². The summed E-state index contributed by atoms with van der Waals surface area (Å²) in [5.41, 5.74) is 0. The topological polar surface area (TPSA) is 80.6 Å². The normalized spacial score (nSPS) is 12.2. The van der Waals surface area contributed by atoms with Crippen LogP contribution in [-0.2, 0) is 21.3 Å². The molecule has 0 saturated heterocycles. The zero-order valence-electron chi connectivity index (χ0n) is 12.6. The molecule has 0 amide bonds. The summed E-state index contributed by atoms with van der Waals surface area (Å²) in [6, 6.07) is 1.53. The van der Waals surface area contributed by atoms with E-state index in [9.17, 15) is 8.42 Å². The Bertz CT molecular complexity index is 528. The summed E-state index contributed by atoms with van der Waals surface area (Å²) < 4.78 is 37.7. The molecule has 6 nitrogen and oxygen atoms in total. The second-order valence-electron chi connectivity index (χ2n) is 4.84. The molecule has 0 bridgehead atoms. The van der Waals surface area contributed by atoms with E-state index in [0.29, 0.717) is 18.9 Å². The first kappa shape index (κ1) is 18.6. The van der Waals surface area contributed by atoms with E-state index in [1.54, 1.807) is 0 Å². The van der Waals surface area contributed by atoms with Crippen LogP contribution < -0.4 is 10.0 Å². The number of hydrogen-bond donors (Lipinski definition) is 2. The molecular formula is C13H23BrN2O4S. The molecule has 0 aliphatic rings. The number of hydrogen-bond acceptors (Lipinski definition) is 5. The van der Waals surface area contributed by atoms with Crippen LogP contribution in [0.15, 0.2) is 20.0 Å². The minimum atomic E-state index is -3.60. The van der Waals surface area contributed by atoms with Crippen molar-refractivity contribution in [2.45, 2.75) is 44.7 Å². The lowest BCUT2D eigenvalue weighted by molar-refractivity contribution is 0.0834. The predicted molar refractivity (Wildman–Crippen MR) is 84.7 cm³/mol. The highest BCUT2D eigenvalue weighted by atomic mass is 79.9. The summed E-state index contributed by atoms with van der Waals surface area (Å²) in [7, 11) is -3.60. The molecule has 8 heteroatoms. The van der Waals surface area contributed by atoms with Gasteiger partial charge in [-0.3, -0.25) is 0 Å². The largest absolute Gasteiger partial charge is 0.452 e. The van der Waals surface area contributed by atoms with E-state index in [1.807, 2.05) is 13.8 Å². The first-order valence-electron chi connectivity index (χ1n) is 6.97. The monoisotopic (exact) mass is 382 g/mol. The van der Waals surface area contributed by atoms with Crippen molar-refractivity contribution in [3.8, 4) is 0 Å². The lowest BCUT2D eigenvalue weighted by Crippen LogP contribution is -2.28. The Morgan fingerprint density at radius 1 is 1.38 bits per heavy atom. The van der Waals surface area contributed by atoms with Gasteiger partial charge in [0.15, 0.2) is 4.67 Å². The van der Waals surface area contributed by atoms with Crippen molar-refractivity contribution >= 4 is 26.0 Å². The first-order chi connectivity index (χ1) is 9.86. The molecular weight excluding hydrogens is 360 g/mol. The molecule has 0 fully saturated rings. The standard InChI is InChI=1S/C13H23BrN2O4S/c1-4-5-15-9-11-8-12(13(14)20-11)21(17,18)16-6-7-19-10(2)3/h8,10,15-16H,4-7,9H2,1-3H3. The fraction of sp³-hybridized carbons (Fsp3) is 0.692. The van der Waals surface area contributed by atoms with Crippen molar-refractivity contribution in [3.63, 3.8) is 0 Å². The molecule has 0 atom stereocenters. The highest BCUT2D eigenvalue weighted by Gasteiger charge is 2.22. The third-order valence-electron chi connectivity index (χ3n) is 2.57. The molecule has 1 aromatic rings. The molecule has 1 heterocycles. The van der Waals surface area contributed by atoms with Crippen molar-refractivity contribution < 1.29 is 17.6 Å². The summed E-state index contributed by atoms with van der Waals surface area (Å²) in [6.07, 6.45) is 1.08. The molecule has 0 radical (unpaired) electrons. The molecule has 0 unspecified atom stereocenters. The number of rotatable bonds is 10. The minimum absolute atomic E-state index is 0.0754. The maximum Gasteiger partial charge on any atom is 0.245 e. The molecule has 0 aromatic carbocycles. The Labute approximate surface area is 134 Å². The summed E-state index contributed by atoms with van der Waals surface area (Å²) >= 11 is 3.15. The zero-order valence-corrected chi connectivity index (χ0v) is 15.0. The van der Waals surface area contributed by atoms with Gasteiger partial charge in [-0.2, -0.15) is 0 Å². The van der Waals surface area contributed by atoms with Crippen LogP contribution in [0.3, 0.4) is 0 Å². The van der Waals surface area contributed by atoms with E-state index in [1.165, 1.54) is 6.07 Å². The average molecular weight is 383 g/mol. The van der Waals surface area contributed by atoms with Crippen molar-refractivity contribution in [1.82, 2.24) is 10.0 Å². The Balaban J connectivity index is 2.61. The Morgan fingerprint density at radius 2 is 2.10 bits per heavy atom. The summed E-state index contributed by atoms with van der Waals surface area (Å²) in [4.78, 5) is 0.111. The third-order valence-corrected chi connectivity index (χ3v) is 4.89. The van der Waals surface area contributed by atoms with Gasteiger partial charge in [-0.25, -0.2) is 13.1 Å². The lowest BCUT2D eigenvalue weighted by atomic mass is 10.4. The second-order valence-corrected chi connectivity index (χ2v) is 7.30. The highest BCUT2D eigenvalue weighted by Crippen LogP contribution is 2.25. The van der Waals surface area contributed by atoms with Crippen LogP contribution in [0.1, 0.15) is 33.0 Å². The molecule has 0 saturated carbocycles. The van der Waals surface area contributed by atoms with Gasteiger partial charge in [-0.15, -0.1) is 0 Å². The van der Waals surface area contributed by atoms with Crippen molar-refractivity contribution in [2.75, 3.05) is 19.7 Å². The van der Waals surface area contributed by atoms with E-state index in [0.717, 1.165) is 13.0 Å². The first-order valence-corrected chi connectivity index (χ1v) is 9.24. The van der Waals surface area contributed by atoms with E-state index in [-0.39, 0.29) is 22.2 Å². The molecule has 0 spiro atoms. The van der Waals surface area contributed by atoms with Crippen molar-refractivity contribution in [3.05, 3.63) is 16.5 Å². The van der Waals surface area contributed by atoms with Crippen LogP contribution in [0.2, 0.25) is 0 Å². The Morgan fingerprint density at radius 3 is 2.71 bits per heavy atom. The molecule has 1 aromatic heterocycles.